The topological polar surface area (TPSA) is 103 Å². The second-order valence-electron chi connectivity index (χ2n) is 5.68. The largest absolute Gasteiger partial charge is 0.463 e. The van der Waals surface area contributed by atoms with E-state index in [1.807, 2.05) is 0 Å². The molecule has 138 valence electrons. The van der Waals surface area contributed by atoms with Crippen molar-refractivity contribution in [3.05, 3.63) is 39.1 Å². The summed E-state index contributed by atoms with van der Waals surface area (Å²) >= 11 is 5.30. The van der Waals surface area contributed by atoms with Crippen LogP contribution in [0.3, 0.4) is 0 Å². The zero-order valence-electron chi connectivity index (χ0n) is 14.4. The second kappa shape index (κ2) is 6.79. The van der Waals surface area contributed by atoms with Crippen molar-refractivity contribution in [2.24, 2.45) is 0 Å². The number of thiocarbonyl (C=S) groups is 1. The predicted octanol–water partition coefficient (Wildman–Crippen LogP) is 2.02. The van der Waals surface area contributed by atoms with Crippen LogP contribution in [0.25, 0.3) is 0 Å². The normalized spacial score (nSPS) is 18.7. The zero-order valence-corrected chi connectivity index (χ0v) is 15.2. The molecule has 9 nitrogen and oxygen atoms in total. The van der Waals surface area contributed by atoms with Gasteiger partial charge in [-0.25, -0.2) is 4.79 Å². The summed E-state index contributed by atoms with van der Waals surface area (Å²) < 4.78 is 15.7. The van der Waals surface area contributed by atoms with Crippen LogP contribution in [0.4, 0.5) is 5.69 Å². The Morgan fingerprint density at radius 1 is 1.46 bits per heavy atom. The van der Waals surface area contributed by atoms with E-state index in [0.717, 1.165) is 0 Å². The molecule has 0 fully saturated rings. The lowest BCUT2D eigenvalue weighted by atomic mass is 9.93. The number of hydrogen-bond donors (Lipinski definition) is 1. The van der Waals surface area contributed by atoms with E-state index in [-0.39, 0.29) is 36.0 Å². The van der Waals surface area contributed by atoms with E-state index in [1.54, 1.807) is 25.8 Å². The van der Waals surface area contributed by atoms with Crippen LogP contribution in [-0.4, -0.2) is 41.4 Å². The Labute approximate surface area is 154 Å². The highest BCUT2D eigenvalue weighted by Crippen LogP contribution is 2.43. The first-order chi connectivity index (χ1) is 12.3. The first kappa shape index (κ1) is 17.9. The first-order valence-electron chi connectivity index (χ1n) is 7.85. The van der Waals surface area contributed by atoms with Crippen LogP contribution in [-0.2, 0) is 9.53 Å². The fourth-order valence-corrected chi connectivity index (χ4v) is 3.13. The SMILES string of the molecule is CCOC(=O)C1=C(C)N(C)C(=S)N[C@@H]1c1cc2c(cc1[N+](=O)[O-])OCO2. The van der Waals surface area contributed by atoms with Crippen molar-refractivity contribution in [2.45, 2.75) is 19.9 Å². The lowest BCUT2D eigenvalue weighted by molar-refractivity contribution is -0.385. The lowest BCUT2D eigenvalue weighted by Crippen LogP contribution is -2.46. The van der Waals surface area contributed by atoms with Gasteiger partial charge in [0.1, 0.15) is 0 Å². The number of fused-ring (bicyclic) bond motifs is 1. The summed E-state index contributed by atoms with van der Waals surface area (Å²) in [5, 5.41) is 14.9. The van der Waals surface area contributed by atoms with Gasteiger partial charge in [0.05, 0.1) is 34.8 Å². The summed E-state index contributed by atoms with van der Waals surface area (Å²) in [6.45, 7) is 3.57. The fraction of sp³-hybridized carbons (Fsp3) is 0.375. The second-order valence-corrected chi connectivity index (χ2v) is 6.07. The zero-order chi connectivity index (χ0) is 19.0. The Bertz CT molecular complexity index is 838. The van der Waals surface area contributed by atoms with Crippen LogP contribution < -0.4 is 14.8 Å². The van der Waals surface area contributed by atoms with E-state index >= 15 is 0 Å². The van der Waals surface area contributed by atoms with Gasteiger partial charge in [-0.2, -0.15) is 0 Å². The Balaban J connectivity index is 2.18. The average Bonchev–Trinajstić information content (AvgIpc) is 3.05. The number of nitro benzene ring substituents is 1. The van der Waals surface area contributed by atoms with Crippen LogP contribution in [0.15, 0.2) is 23.4 Å². The van der Waals surface area contributed by atoms with Crippen molar-refractivity contribution in [3.8, 4) is 11.5 Å². The summed E-state index contributed by atoms with van der Waals surface area (Å²) in [6, 6.07) is 1.95. The molecular weight excluding hydrogens is 362 g/mol. The molecule has 3 rings (SSSR count). The molecule has 10 heteroatoms. The third-order valence-electron chi connectivity index (χ3n) is 4.28. The van der Waals surface area contributed by atoms with Crippen molar-refractivity contribution >= 4 is 29.0 Å². The molecule has 0 amide bonds. The maximum Gasteiger partial charge on any atom is 0.338 e. The van der Waals surface area contributed by atoms with E-state index in [9.17, 15) is 14.9 Å². The van der Waals surface area contributed by atoms with Crippen molar-refractivity contribution in [1.29, 1.82) is 0 Å². The van der Waals surface area contributed by atoms with E-state index in [0.29, 0.717) is 16.6 Å². The van der Waals surface area contributed by atoms with Gasteiger partial charge in [-0.15, -0.1) is 0 Å². The molecular formula is C16H17N3O6S. The monoisotopic (exact) mass is 379 g/mol. The summed E-state index contributed by atoms with van der Waals surface area (Å²) in [6.07, 6.45) is 0. The number of carbonyl (C=O) groups is 1. The Morgan fingerprint density at radius 3 is 2.73 bits per heavy atom. The fourth-order valence-electron chi connectivity index (χ4n) is 2.88. The van der Waals surface area contributed by atoms with Crippen LogP contribution in [0.5, 0.6) is 11.5 Å². The van der Waals surface area contributed by atoms with Crippen LogP contribution in [0.2, 0.25) is 0 Å². The molecule has 0 saturated heterocycles. The molecule has 2 heterocycles. The molecule has 2 aliphatic rings. The molecule has 2 aliphatic heterocycles. The molecule has 0 spiro atoms. The minimum Gasteiger partial charge on any atom is -0.463 e. The minimum absolute atomic E-state index is 0.0191. The summed E-state index contributed by atoms with van der Waals surface area (Å²) in [5.41, 5.74) is 0.861. The van der Waals surface area contributed by atoms with Gasteiger partial charge in [-0.3, -0.25) is 10.1 Å². The van der Waals surface area contributed by atoms with E-state index in [2.05, 4.69) is 5.32 Å². The van der Waals surface area contributed by atoms with E-state index in [4.69, 9.17) is 26.4 Å². The highest BCUT2D eigenvalue weighted by molar-refractivity contribution is 7.80. The molecule has 0 radical (unpaired) electrons. The number of rotatable bonds is 4. The standard InChI is InChI=1S/C16H17N3O6S/c1-4-23-15(20)13-8(2)18(3)16(26)17-14(13)9-5-11-12(25-7-24-11)6-10(9)19(21)22/h5-6,14H,4,7H2,1-3H3,(H,17,26)/t14-/m1/s1. The van der Waals surface area contributed by atoms with Crippen molar-refractivity contribution < 1.29 is 23.9 Å². The Hall–Kier alpha value is -2.88. The number of hydrogen-bond acceptors (Lipinski definition) is 7. The van der Waals surface area contributed by atoms with Crippen LogP contribution >= 0.6 is 12.2 Å². The maximum atomic E-state index is 12.5. The minimum atomic E-state index is -0.840. The Kier molecular flexibility index (Phi) is 4.68. The highest BCUT2D eigenvalue weighted by atomic mass is 32.1. The third-order valence-corrected chi connectivity index (χ3v) is 4.67. The van der Waals surface area contributed by atoms with Gasteiger partial charge in [-0.1, -0.05) is 0 Å². The number of ether oxygens (including phenoxy) is 3. The summed E-state index contributed by atoms with van der Waals surface area (Å²) in [5.74, 6) is 0.0938. The van der Waals surface area contributed by atoms with Crippen molar-refractivity contribution in [1.82, 2.24) is 10.2 Å². The number of carbonyl (C=O) groups excluding carboxylic acids is 1. The lowest BCUT2D eigenvalue weighted by Gasteiger charge is -2.35. The summed E-state index contributed by atoms with van der Waals surface area (Å²) in [7, 11) is 1.70. The number of nitro groups is 1. The third kappa shape index (κ3) is 2.92. The smallest absolute Gasteiger partial charge is 0.338 e. The van der Waals surface area contributed by atoms with E-state index < -0.39 is 16.9 Å². The molecule has 0 saturated carbocycles. The maximum absolute atomic E-state index is 12.5. The molecule has 1 aromatic carbocycles. The Morgan fingerprint density at radius 2 is 2.12 bits per heavy atom. The van der Waals surface area contributed by atoms with Crippen molar-refractivity contribution in [2.75, 3.05) is 20.4 Å². The highest BCUT2D eigenvalue weighted by Gasteiger charge is 2.38. The number of nitrogens with one attached hydrogen (secondary N) is 1. The first-order valence-corrected chi connectivity index (χ1v) is 8.26. The van der Waals surface area contributed by atoms with Gasteiger partial charge in [0, 0.05) is 12.7 Å². The van der Waals surface area contributed by atoms with Crippen molar-refractivity contribution in [3.63, 3.8) is 0 Å². The molecule has 0 aliphatic carbocycles. The van der Waals surface area contributed by atoms with Gasteiger partial charge < -0.3 is 24.4 Å². The predicted molar refractivity (Wildman–Crippen MR) is 94.8 cm³/mol. The van der Waals surface area contributed by atoms with Gasteiger partial charge in [-0.05, 0) is 32.1 Å². The molecule has 1 N–H and O–H groups in total. The molecule has 26 heavy (non-hydrogen) atoms. The average molecular weight is 379 g/mol. The van der Waals surface area contributed by atoms with Gasteiger partial charge in [0.2, 0.25) is 6.79 Å². The van der Waals surface area contributed by atoms with Gasteiger partial charge in [0.15, 0.2) is 16.6 Å². The molecule has 1 aromatic rings. The van der Waals surface area contributed by atoms with E-state index in [1.165, 1.54) is 12.1 Å². The quantitative estimate of drug-likeness (QED) is 0.364. The molecule has 0 aromatic heterocycles. The molecule has 1 atom stereocenters. The molecule has 0 bridgehead atoms. The van der Waals surface area contributed by atoms with Gasteiger partial charge in [0.25, 0.3) is 5.69 Å². The van der Waals surface area contributed by atoms with Crippen LogP contribution in [0.1, 0.15) is 25.5 Å². The molecule has 0 unspecified atom stereocenters. The number of allylic oxidation sites excluding steroid dienone is 1. The number of esters is 1. The number of nitrogens with zero attached hydrogens (tertiary/aromatic N) is 2. The summed E-state index contributed by atoms with van der Waals surface area (Å²) in [4.78, 5) is 25.2. The number of benzene rings is 1. The van der Waals surface area contributed by atoms with Gasteiger partial charge >= 0.3 is 5.97 Å². The van der Waals surface area contributed by atoms with Crippen LogP contribution in [0, 0.1) is 10.1 Å².